The minimum absolute atomic E-state index is 0.744. The van der Waals surface area contributed by atoms with Gasteiger partial charge in [0.15, 0.2) is 0 Å². The van der Waals surface area contributed by atoms with Gasteiger partial charge in [0.25, 0.3) is 0 Å². The maximum absolute atomic E-state index is 6.07. The van der Waals surface area contributed by atoms with Gasteiger partial charge in [0, 0.05) is 22.2 Å². The fourth-order valence-electron chi connectivity index (χ4n) is 1.59. The molecule has 1 nitrogen and oxygen atoms in total. The Hall–Kier alpha value is -0.240. The minimum Gasteiger partial charge on any atom is -0.313 e. The Morgan fingerprint density at radius 1 is 1.06 bits per heavy atom. The molecule has 1 aromatic carbocycles. The van der Waals surface area contributed by atoms with E-state index in [1.807, 2.05) is 18.2 Å². The highest BCUT2D eigenvalue weighted by Crippen LogP contribution is 2.23. The van der Waals surface area contributed by atoms with Crippen LogP contribution in [0.3, 0.4) is 0 Å². The summed E-state index contributed by atoms with van der Waals surface area (Å²) in [7, 11) is 0. The normalized spacial score (nSPS) is 10.7. The highest BCUT2D eigenvalue weighted by molar-refractivity contribution is 6.35. The van der Waals surface area contributed by atoms with Gasteiger partial charge in [0.1, 0.15) is 0 Å². The number of unbranched alkanes of at least 4 members (excludes halogenated alkanes) is 3. The van der Waals surface area contributed by atoms with Crippen LogP contribution >= 0.6 is 23.2 Å². The van der Waals surface area contributed by atoms with Gasteiger partial charge in [-0.3, -0.25) is 0 Å². The lowest BCUT2D eigenvalue weighted by Gasteiger charge is -2.08. The van der Waals surface area contributed by atoms with Gasteiger partial charge in [-0.25, -0.2) is 0 Å². The molecule has 0 spiro atoms. The van der Waals surface area contributed by atoms with Crippen LogP contribution in [0.1, 0.15) is 38.2 Å². The standard InChI is InChI=1S/C13H19Cl2N/c1-2-3-4-5-9-16-10-11-12(14)7-6-8-13(11)15/h6-8,16H,2-5,9-10H2,1H3. The van der Waals surface area contributed by atoms with Crippen LogP contribution < -0.4 is 5.32 Å². The Balaban J connectivity index is 2.26. The van der Waals surface area contributed by atoms with E-state index in [1.54, 1.807) is 0 Å². The largest absolute Gasteiger partial charge is 0.313 e. The second-order valence-electron chi connectivity index (χ2n) is 3.94. The van der Waals surface area contributed by atoms with E-state index in [0.29, 0.717) is 0 Å². The first-order chi connectivity index (χ1) is 7.75. The highest BCUT2D eigenvalue weighted by Gasteiger charge is 2.03. The maximum atomic E-state index is 6.07. The summed E-state index contributed by atoms with van der Waals surface area (Å²) in [6.07, 6.45) is 5.10. The van der Waals surface area contributed by atoms with Gasteiger partial charge in [-0.15, -0.1) is 0 Å². The summed E-state index contributed by atoms with van der Waals surface area (Å²) in [5, 5.41) is 4.86. The Morgan fingerprint density at radius 2 is 1.75 bits per heavy atom. The lowest BCUT2D eigenvalue weighted by molar-refractivity contribution is 0.598. The van der Waals surface area contributed by atoms with Gasteiger partial charge in [0.05, 0.1) is 0 Å². The zero-order chi connectivity index (χ0) is 11.8. The Morgan fingerprint density at radius 3 is 2.38 bits per heavy atom. The van der Waals surface area contributed by atoms with E-state index in [0.717, 1.165) is 28.7 Å². The molecule has 0 aliphatic rings. The number of benzene rings is 1. The van der Waals surface area contributed by atoms with Crippen LogP contribution in [-0.4, -0.2) is 6.54 Å². The van der Waals surface area contributed by atoms with Gasteiger partial charge < -0.3 is 5.32 Å². The van der Waals surface area contributed by atoms with Crippen LogP contribution in [0.2, 0.25) is 10.0 Å². The van der Waals surface area contributed by atoms with Crippen LogP contribution in [0, 0.1) is 0 Å². The molecule has 0 bridgehead atoms. The van der Waals surface area contributed by atoms with E-state index in [2.05, 4.69) is 12.2 Å². The quantitative estimate of drug-likeness (QED) is 0.703. The average Bonchev–Trinajstić information content (AvgIpc) is 2.26. The third-order valence-corrected chi connectivity index (χ3v) is 3.28. The Bertz CT molecular complexity index is 293. The SMILES string of the molecule is CCCCCCNCc1c(Cl)cccc1Cl. The van der Waals surface area contributed by atoms with Crippen LogP contribution in [0.15, 0.2) is 18.2 Å². The number of rotatable bonds is 7. The molecular weight excluding hydrogens is 241 g/mol. The molecule has 0 saturated heterocycles. The summed E-state index contributed by atoms with van der Waals surface area (Å²) < 4.78 is 0. The molecule has 1 rings (SSSR count). The van der Waals surface area contributed by atoms with Gasteiger partial charge >= 0.3 is 0 Å². The van der Waals surface area contributed by atoms with Crippen molar-refractivity contribution in [3.05, 3.63) is 33.8 Å². The molecule has 0 amide bonds. The molecule has 0 heterocycles. The summed E-state index contributed by atoms with van der Waals surface area (Å²) in [6.45, 7) is 4.00. The molecule has 0 saturated carbocycles. The zero-order valence-electron chi connectivity index (χ0n) is 9.73. The van der Waals surface area contributed by atoms with E-state index in [4.69, 9.17) is 23.2 Å². The molecule has 90 valence electrons. The van der Waals surface area contributed by atoms with Crippen molar-refractivity contribution in [1.29, 1.82) is 0 Å². The van der Waals surface area contributed by atoms with Crippen LogP contribution in [0.5, 0.6) is 0 Å². The van der Waals surface area contributed by atoms with E-state index in [-0.39, 0.29) is 0 Å². The number of hydrogen-bond donors (Lipinski definition) is 1. The van der Waals surface area contributed by atoms with Crippen molar-refractivity contribution in [3.8, 4) is 0 Å². The topological polar surface area (TPSA) is 12.0 Å². The first-order valence-electron chi connectivity index (χ1n) is 5.89. The molecule has 0 unspecified atom stereocenters. The fourth-order valence-corrected chi connectivity index (χ4v) is 2.12. The van der Waals surface area contributed by atoms with Gasteiger partial charge in [-0.05, 0) is 25.1 Å². The third-order valence-electron chi connectivity index (χ3n) is 2.57. The lowest BCUT2D eigenvalue weighted by atomic mass is 10.2. The van der Waals surface area contributed by atoms with Crippen molar-refractivity contribution < 1.29 is 0 Å². The van der Waals surface area contributed by atoms with Gasteiger partial charge in [0.2, 0.25) is 0 Å². The van der Waals surface area contributed by atoms with Crippen LogP contribution in [0.25, 0.3) is 0 Å². The van der Waals surface area contributed by atoms with Gasteiger partial charge in [-0.1, -0.05) is 55.5 Å². The second-order valence-corrected chi connectivity index (χ2v) is 4.75. The first-order valence-corrected chi connectivity index (χ1v) is 6.65. The summed E-state index contributed by atoms with van der Waals surface area (Å²) in [4.78, 5) is 0. The number of hydrogen-bond acceptors (Lipinski definition) is 1. The molecule has 1 aromatic rings. The van der Waals surface area contributed by atoms with E-state index >= 15 is 0 Å². The maximum Gasteiger partial charge on any atom is 0.0465 e. The molecule has 0 aliphatic heterocycles. The van der Waals surface area contributed by atoms with E-state index < -0.39 is 0 Å². The average molecular weight is 260 g/mol. The highest BCUT2D eigenvalue weighted by atomic mass is 35.5. The molecule has 0 atom stereocenters. The molecule has 0 aromatic heterocycles. The molecular formula is C13H19Cl2N. The van der Waals surface area contributed by atoms with Crippen LogP contribution in [0.4, 0.5) is 0 Å². The van der Waals surface area contributed by atoms with Crippen molar-refractivity contribution in [2.24, 2.45) is 0 Å². The minimum atomic E-state index is 0.744. The van der Waals surface area contributed by atoms with Crippen molar-refractivity contribution in [2.45, 2.75) is 39.2 Å². The van der Waals surface area contributed by atoms with Crippen LogP contribution in [-0.2, 0) is 6.54 Å². The molecule has 0 aliphatic carbocycles. The summed E-state index contributed by atoms with van der Waals surface area (Å²) in [5.74, 6) is 0. The molecule has 0 fully saturated rings. The van der Waals surface area contributed by atoms with Gasteiger partial charge in [-0.2, -0.15) is 0 Å². The first kappa shape index (κ1) is 13.8. The Kier molecular flexibility index (Phi) is 6.86. The van der Waals surface area contributed by atoms with Crippen molar-refractivity contribution >= 4 is 23.2 Å². The summed E-state index contributed by atoms with van der Waals surface area (Å²) >= 11 is 12.1. The summed E-state index contributed by atoms with van der Waals surface area (Å²) in [6, 6.07) is 5.62. The van der Waals surface area contributed by atoms with Crippen molar-refractivity contribution in [2.75, 3.05) is 6.54 Å². The predicted octanol–water partition coefficient (Wildman–Crippen LogP) is 4.66. The fraction of sp³-hybridized carbons (Fsp3) is 0.538. The smallest absolute Gasteiger partial charge is 0.0465 e. The lowest BCUT2D eigenvalue weighted by Crippen LogP contribution is -2.15. The van der Waals surface area contributed by atoms with E-state index in [9.17, 15) is 0 Å². The van der Waals surface area contributed by atoms with Crippen molar-refractivity contribution in [3.63, 3.8) is 0 Å². The molecule has 0 radical (unpaired) electrons. The molecule has 3 heteroatoms. The third kappa shape index (κ3) is 4.73. The number of halogens is 2. The molecule has 16 heavy (non-hydrogen) atoms. The monoisotopic (exact) mass is 259 g/mol. The predicted molar refractivity (Wildman–Crippen MR) is 72.3 cm³/mol. The molecule has 1 N–H and O–H groups in total. The Labute approximate surface area is 108 Å². The van der Waals surface area contributed by atoms with Crippen molar-refractivity contribution in [1.82, 2.24) is 5.32 Å². The number of nitrogens with one attached hydrogen (secondary N) is 1. The van der Waals surface area contributed by atoms with E-state index in [1.165, 1.54) is 25.7 Å². The second kappa shape index (κ2) is 7.94. The summed E-state index contributed by atoms with van der Waals surface area (Å²) in [5.41, 5.74) is 1.00. The zero-order valence-corrected chi connectivity index (χ0v) is 11.2.